The van der Waals surface area contributed by atoms with Gasteiger partial charge in [-0.1, -0.05) is 0 Å². The molecule has 0 heterocycles. The number of halogens is 3. The number of unbranched alkanes of at least 4 members (excludes halogenated alkanes) is 1. The zero-order valence-corrected chi connectivity index (χ0v) is 8.36. The van der Waals surface area contributed by atoms with E-state index in [0.29, 0.717) is 19.3 Å². The minimum atomic E-state index is -4.10. The van der Waals surface area contributed by atoms with E-state index in [0.717, 1.165) is 0 Å². The summed E-state index contributed by atoms with van der Waals surface area (Å²) in [5.74, 6) is -0.241. The van der Waals surface area contributed by atoms with Gasteiger partial charge in [-0.15, -0.1) is 0 Å². The molecule has 1 aliphatic carbocycles. The fraction of sp³-hybridized carbons (Fsp3) is 0.889. The molecule has 0 atom stereocenters. The third kappa shape index (κ3) is 4.51. The second-order valence-corrected chi connectivity index (χ2v) is 3.98. The molecule has 3 nitrogen and oxygen atoms in total. The first-order chi connectivity index (χ1) is 6.83. The van der Waals surface area contributed by atoms with Crippen molar-refractivity contribution in [1.82, 2.24) is 5.32 Å². The van der Waals surface area contributed by atoms with Gasteiger partial charge in [0.25, 0.3) is 0 Å². The maximum Gasteiger partial charge on any atom is 0.389 e. The van der Waals surface area contributed by atoms with E-state index >= 15 is 0 Å². The summed E-state index contributed by atoms with van der Waals surface area (Å²) in [4.78, 5) is 11.2. The van der Waals surface area contributed by atoms with Gasteiger partial charge < -0.3 is 11.1 Å². The summed E-state index contributed by atoms with van der Waals surface area (Å²) >= 11 is 0. The molecule has 88 valence electrons. The predicted octanol–water partition coefficient (Wildman–Crippen LogP) is 1.33. The van der Waals surface area contributed by atoms with Gasteiger partial charge in [-0.2, -0.15) is 13.2 Å². The number of nitrogens with one attached hydrogen (secondary N) is 1. The van der Waals surface area contributed by atoms with E-state index in [1.54, 1.807) is 0 Å². The van der Waals surface area contributed by atoms with Crippen LogP contribution in [0.15, 0.2) is 0 Å². The number of hydrogen-bond acceptors (Lipinski definition) is 2. The van der Waals surface area contributed by atoms with E-state index in [1.165, 1.54) is 0 Å². The van der Waals surface area contributed by atoms with E-state index < -0.39 is 18.1 Å². The third-order valence-electron chi connectivity index (χ3n) is 2.41. The van der Waals surface area contributed by atoms with Crippen molar-refractivity contribution in [2.24, 2.45) is 5.73 Å². The van der Waals surface area contributed by atoms with Gasteiger partial charge in [-0.05, 0) is 25.7 Å². The van der Waals surface area contributed by atoms with Gasteiger partial charge >= 0.3 is 6.18 Å². The Balaban J connectivity index is 2.00. The quantitative estimate of drug-likeness (QED) is 0.692. The fourth-order valence-electron chi connectivity index (χ4n) is 1.19. The predicted molar refractivity (Wildman–Crippen MR) is 49.1 cm³/mol. The molecule has 6 heteroatoms. The molecule has 0 bridgehead atoms. The maximum atomic E-state index is 11.7. The molecular formula is C9H15F3N2O. The van der Waals surface area contributed by atoms with Crippen molar-refractivity contribution >= 4 is 5.91 Å². The molecule has 1 fully saturated rings. The number of nitrogens with two attached hydrogens (primary N) is 1. The Bertz CT molecular complexity index is 236. The molecule has 0 radical (unpaired) electrons. The molecule has 0 aromatic heterocycles. The molecule has 3 N–H and O–H groups in total. The van der Waals surface area contributed by atoms with Crippen molar-refractivity contribution in [2.75, 3.05) is 6.54 Å². The molecule has 0 aromatic rings. The molecule has 0 saturated heterocycles. The monoisotopic (exact) mass is 224 g/mol. The van der Waals surface area contributed by atoms with E-state index in [2.05, 4.69) is 5.32 Å². The largest absolute Gasteiger partial charge is 0.389 e. The van der Waals surface area contributed by atoms with Crippen LogP contribution in [0.5, 0.6) is 0 Å². The first-order valence-electron chi connectivity index (χ1n) is 4.97. The Hall–Kier alpha value is -0.780. The van der Waals surface area contributed by atoms with Crippen molar-refractivity contribution in [2.45, 2.75) is 43.8 Å². The summed E-state index contributed by atoms with van der Waals surface area (Å²) in [7, 11) is 0. The van der Waals surface area contributed by atoms with Crippen LogP contribution in [0.1, 0.15) is 32.1 Å². The highest BCUT2D eigenvalue weighted by atomic mass is 19.4. The molecule has 0 spiro atoms. The Labute approximate surface area is 86.2 Å². The van der Waals surface area contributed by atoms with Gasteiger partial charge in [0.05, 0.1) is 5.54 Å². The average molecular weight is 224 g/mol. The van der Waals surface area contributed by atoms with Crippen LogP contribution in [0.2, 0.25) is 0 Å². The molecule has 1 amide bonds. The zero-order valence-electron chi connectivity index (χ0n) is 8.36. The summed E-state index contributed by atoms with van der Waals surface area (Å²) in [6.45, 7) is 0.272. The minimum Gasteiger partial charge on any atom is -0.355 e. The summed E-state index contributed by atoms with van der Waals surface area (Å²) in [6.07, 6.45) is -3.18. The molecule has 0 aliphatic heterocycles. The lowest BCUT2D eigenvalue weighted by Gasteiger charge is -2.10. The van der Waals surface area contributed by atoms with Crippen LogP contribution in [-0.2, 0) is 4.79 Å². The second kappa shape index (κ2) is 4.38. The normalized spacial score (nSPS) is 18.7. The number of carbonyl (C=O) groups is 1. The van der Waals surface area contributed by atoms with Gasteiger partial charge in [0, 0.05) is 13.0 Å². The highest BCUT2D eigenvalue weighted by Crippen LogP contribution is 2.32. The van der Waals surface area contributed by atoms with Gasteiger partial charge in [-0.25, -0.2) is 0 Å². The Morgan fingerprint density at radius 2 is 1.93 bits per heavy atom. The molecule has 15 heavy (non-hydrogen) atoms. The standard InChI is InChI=1S/C9H15F3N2O/c10-9(11,12)3-1-2-6-14-7(15)8(13)4-5-8/h1-6,13H2,(H,14,15). The first-order valence-corrected chi connectivity index (χ1v) is 4.97. The van der Waals surface area contributed by atoms with Crippen molar-refractivity contribution in [3.8, 4) is 0 Å². The molecular weight excluding hydrogens is 209 g/mol. The topological polar surface area (TPSA) is 55.1 Å². The van der Waals surface area contributed by atoms with Gasteiger partial charge in [0.1, 0.15) is 0 Å². The average Bonchev–Trinajstić information content (AvgIpc) is 2.82. The number of hydrogen-bond donors (Lipinski definition) is 2. The van der Waals surface area contributed by atoms with Crippen molar-refractivity contribution in [3.05, 3.63) is 0 Å². The first kappa shape index (κ1) is 12.3. The number of rotatable bonds is 5. The molecule has 1 saturated carbocycles. The zero-order chi connectivity index (χ0) is 11.5. The van der Waals surface area contributed by atoms with E-state index in [4.69, 9.17) is 5.73 Å². The fourth-order valence-corrected chi connectivity index (χ4v) is 1.19. The van der Waals surface area contributed by atoms with Gasteiger partial charge in [0.15, 0.2) is 0 Å². The van der Waals surface area contributed by atoms with Crippen LogP contribution in [0, 0.1) is 0 Å². The summed E-state index contributed by atoms with van der Waals surface area (Å²) in [6, 6.07) is 0. The van der Waals surface area contributed by atoms with Gasteiger partial charge in [0.2, 0.25) is 5.91 Å². The van der Waals surface area contributed by atoms with Crippen LogP contribution < -0.4 is 11.1 Å². The number of amides is 1. The smallest absolute Gasteiger partial charge is 0.355 e. The lowest BCUT2D eigenvalue weighted by molar-refractivity contribution is -0.135. The highest BCUT2D eigenvalue weighted by Gasteiger charge is 2.45. The van der Waals surface area contributed by atoms with E-state index in [9.17, 15) is 18.0 Å². The van der Waals surface area contributed by atoms with Crippen LogP contribution in [0.3, 0.4) is 0 Å². The van der Waals surface area contributed by atoms with Gasteiger partial charge in [-0.3, -0.25) is 4.79 Å². The van der Waals surface area contributed by atoms with Crippen LogP contribution >= 0.6 is 0 Å². The minimum absolute atomic E-state index is 0.0430. The summed E-state index contributed by atoms with van der Waals surface area (Å²) in [5, 5.41) is 2.54. The van der Waals surface area contributed by atoms with Crippen molar-refractivity contribution < 1.29 is 18.0 Å². The SMILES string of the molecule is NC1(C(=O)NCCCCC(F)(F)F)CC1. The molecule has 0 aromatic carbocycles. The van der Waals surface area contributed by atoms with Crippen LogP contribution in [0.25, 0.3) is 0 Å². The Kier molecular flexibility index (Phi) is 3.59. The third-order valence-corrected chi connectivity index (χ3v) is 2.41. The van der Waals surface area contributed by atoms with Crippen LogP contribution in [0.4, 0.5) is 13.2 Å². The lowest BCUT2D eigenvalue weighted by atomic mass is 10.2. The molecule has 1 aliphatic rings. The van der Waals surface area contributed by atoms with E-state index in [-0.39, 0.29) is 18.9 Å². The Morgan fingerprint density at radius 3 is 2.40 bits per heavy atom. The van der Waals surface area contributed by atoms with Crippen molar-refractivity contribution in [3.63, 3.8) is 0 Å². The maximum absolute atomic E-state index is 11.7. The second-order valence-electron chi connectivity index (χ2n) is 3.98. The highest BCUT2D eigenvalue weighted by molar-refractivity contribution is 5.88. The number of carbonyl (C=O) groups excluding carboxylic acids is 1. The molecule has 0 unspecified atom stereocenters. The summed E-state index contributed by atoms with van der Waals surface area (Å²) < 4.78 is 35.2. The van der Waals surface area contributed by atoms with Crippen molar-refractivity contribution in [1.29, 1.82) is 0 Å². The van der Waals surface area contributed by atoms with E-state index in [1.807, 2.05) is 0 Å². The number of alkyl halides is 3. The molecule has 1 rings (SSSR count). The Morgan fingerprint density at radius 1 is 1.33 bits per heavy atom. The lowest BCUT2D eigenvalue weighted by Crippen LogP contribution is -2.43. The van der Waals surface area contributed by atoms with Crippen LogP contribution in [-0.4, -0.2) is 24.2 Å². The summed E-state index contributed by atoms with van der Waals surface area (Å²) in [5.41, 5.74) is 4.85.